The first-order chi connectivity index (χ1) is 12.8. The smallest absolute Gasteiger partial charge is 0.0702 e. The Balaban J connectivity index is 1.45. The highest BCUT2D eigenvalue weighted by atomic mass is 16.5. The maximum atomic E-state index is 5.42. The lowest BCUT2D eigenvalue weighted by molar-refractivity contribution is 0.0341. The van der Waals surface area contributed by atoms with Crippen LogP contribution in [0, 0.1) is 0 Å². The first-order valence-corrected chi connectivity index (χ1v) is 9.89. The first-order valence-electron chi connectivity index (χ1n) is 9.89. The van der Waals surface area contributed by atoms with Gasteiger partial charge in [-0.2, -0.15) is 0 Å². The van der Waals surface area contributed by atoms with E-state index in [0.29, 0.717) is 6.04 Å². The van der Waals surface area contributed by atoms with Crippen molar-refractivity contribution in [1.29, 1.82) is 0 Å². The summed E-state index contributed by atoms with van der Waals surface area (Å²) in [6.45, 7) is 9.43. The van der Waals surface area contributed by atoms with Gasteiger partial charge < -0.3 is 4.74 Å². The van der Waals surface area contributed by atoms with Gasteiger partial charge in [0.2, 0.25) is 0 Å². The molecule has 4 rings (SSSR count). The first kappa shape index (κ1) is 17.7. The van der Waals surface area contributed by atoms with Gasteiger partial charge in [0, 0.05) is 37.4 Å². The number of pyridine rings is 1. The summed E-state index contributed by atoms with van der Waals surface area (Å²) < 4.78 is 5.42. The van der Waals surface area contributed by atoms with Gasteiger partial charge in [0.1, 0.15) is 0 Å². The molecule has 4 heteroatoms. The average molecular weight is 351 g/mol. The van der Waals surface area contributed by atoms with Gasteiger partial charge in [-0.1, -0.05) is 24.3 Å². The summed E-state index contributed by atoms with van der Waals surface area (Å²) >= 11 is 0. The molecule has 0 bridgehead atoms. The second-order valence-electron chi connectivity index (χ2n) is 7.48. The molecule has 0 saturated carbocycles. The third-order valence-corrected chi connectivity index (χ3v) is 5.69. The van der Waals surface area contributed by atoms with E-state index in [0.717, 1.165) is 38.5 Å². The highest BCUT2D eigenvalue weighted by Crippen LogP contribution is 2.27. The number of benzene rings is 1. The van der Waals surface area contributed by atoms with Crippen molar-refractivity contribution in [3.63, 3.8) is 0 Å². The lowest BCUT2D eigenvalue weighted by Crippen LogP contribution is -2.35. The number of ether oxygens (including phenoxy) is 1. The largest absolute Gasteiger partial charge is 0.379 e. The Morgan fingerprint density at radius 3 is 2.58 bits per heavy atom. The van der Waals surface area contributed by atoms with E-state index in [1.807, 2.05) is 6.20 Å². The van der Waals surface area contributed by atoms with E-state index in [1.165, 1.54) is 42.6 Å². The summed E-state index contributed by atoms with van der Waals surface area (Å²) in [6.07, 6.45) is 4.69. The van der Waals surface area contributed by atoms with Gasteiger partial charge in [-0.25, -0.2) is 0 Å². The number of aromatic nitrogens is 1. The van der Waals surface area contributed by atoms with Crippen molar-refractivity contribution in [3.8, 4) is 11.3 Å². The molecule has 0 unspecified atom stereocenters. The molecule has 0 amide bonds. The predicted molar refractivity (Wildman–Crippen MR) is 105 cm³/mol. The number of nitrogens with zero attached hydrogens (tertiary/aromatic N) is 3. The lowest BCUT2D eigenvalue weighted by atomic mass is 10.0. The molecule has 1 aromatic carbocycles. The molecule has 2 fully saturated rings. The monoisotopic (exact) mass is 351 g/mol. The topological polar surface area (TPSA) is 28.6 Å². The van der Waals surface area contributed by atoms with Gasteiger partial charge in [0.15, 0.2) is 0 Å². The minimum atomic E-state index is 0.484. The summed E-state index contributed by atoms with van der Waals surface area (Å²) in [5.74, 6) is 0. The van der Waals surface area contributed by atoms with Crippen molar-refractivity contribution >= 4 is 0 Å². The van der Waals surface area contributed by atoms with Crippen molar-refractivity contribution < 1.29 is 4.74 Å². The average Bonchev–Trinajstić information content (AvgIpc) is 3.24. The fourth-order valence-corrected chi connectivity index (χ4v) is 4.00. The normalized spacial score (nSPS) is 20.3. The Bertz CT molecular complexity index is 704. The highest BCUT2D eigenvalue weighted by Gasteiger charge is 2.19. The van der Waals surface area contributed by atoms with Crippen molar-refractivity contribution in [1.82, 2.24) is 14.8 Å². The second-order valence-corrected chi connectivity index (χ2v) is 7.48. The molecule has 0 radical (unpaired) electrons. The summed E-state index contributed by atoms with van der Waals surface area (Å²) in [7, 11) is 0. The molecule has 26 heavy (non-hydrogen) atoms. The SMILES string of the molecule is C[C@H](c1cccc(-c2ccc(CN3CCOCC3)cn2)c1)N1CCCC1. The molecule has 2 saturated heterocycles. The van der Waals surface area contributed by atoms with Gasteiger partial charge in [-0.3, -0.25) is 14.8 Å². The van der Waals surface area contributed by atoms with E-state index in [-0.39, 0.29) is 0 Å². The van der Waals surface area contributed by atoms with Crippen LogP contribution in [0.15, 0.2) is 42.6 Å². The summed E-state index contributed by atoms with van der Waals surface area (Å²) in [4.78, 5) is 9.75. The molecule has 4 nitrogen and oxygen atoms in total. The third-order valence-electron chi connectivity index (χ3n) is 5.69. The maximum Gasteiger partial charge on any atom is 0.0702 e. The quantitative estimate of drug-likeness (QED) is 0.820. The standard InChI is InChI=1S/C22H29N3O/c1-18(25-9-2-3-10-25)20-5-4-6-21(15-20)22-8-7-19(16-23-22)17-24-11-13-26-14-12-24/h4-8,15-16,18H,2-3,9-14,17H2,1H3/t18-/m1/s1. The van der Waals surface area contributed by atoms with Crippen molar-refractivity contribution in [2.45, 2.75) is 32.4 Å². The fourth-order valence-electron chi connectivity index (χ4n) is 4.00. The molecule has 1 atom stereocenters. The maximum absolute atomic E-state index is 5.42. The fraction of sp³-hybridized carbons (Fsp3) is 0.500. The second kappa shape index (κ2) is 8.30. The van der Waals surface area contributed by atoms with Crippen LogP contribution in [0.2, 0.25) is 0 Å². The number of morpholine rings is 1. The van der Waals surface area contributed by atoms with Crippen LogP contribution in [-0.2, 0) is 11.3 Å². The third kappa shape index (κ3) is 4.14. The molecular weight excluding hydrogens is 322 g/mol. The van der Waals surface area contributed by atoms with Crippen LogP contribution in [0.4, 0.5) is 0 Å². The number of rotatable bonds is 5. The Morgan fingerprint density at radius 1 is 1.04 bits per heavy atom. The molecule has 2 aliphatic heterocycles. The van der Waals surface area contributed by atoms with Crippen LogP contribution in [-0.4, -0.2) is 54.2 Å². The van der Waals surface area contributed by atoms with Gasteiger partial charge in [-0.15, -0.1) is 0 Å². The Kier molecular flexibility index (Phi) is 5.63. The predicted octanol–water partition coefficient (Wildman–Crippen LogP) is 3.74. The number of hydrogen-bond acceptors (Lipinski definition) is 4. The molecule has 1 aromatic heterocycles. The van der Waals surface area contributed by atoms with E-state index < -0.39 is 0 Å². The highest BCUT2D eigenvalue weighted by molar-refractivity contribution is 5.60. The van der Waals surface area contributed by atoms with E-state index in [9.17, 15) is 0 Å². The van der Waals surface area contributed by atoms with E-state index in [2.05, 4.69) is 53.1 Å². The zero-order chi connectivity index (χ0) is 17.8. The van der Waals surface area contributed by atoms with Gasteiger partial charge in [0.25, 0.3) is 0 Å². The van der Waals surface area contributed by atoms with Crippen LogP contribution < -0.4 is 0 Å². The van der Waals surface area contributed by atoms with Crippen LogP contribution in [0.1, 0.15) is 36.9 Å². The molecule has 0 spiro atoms. The van der Waals surface area contributed by atoms with Crippen molar-refractivity contribution in [2.24, 2.45) is 0 Å². The van der Waals surface area contributed by atoms with E-state index in [1.54, 1.807) is 0 Å². The molecule has 2 aromatic rings. The zero-order valence-electron chi connectivity index (χ0n) is 15.7. The summed E-state index contributed by atoms with van der Waals surface area (Å²) in [5, 5.41) is 0. The number of hydrogen-bond donors (Lipinski definition) is 0. The van der Waals surface area contributed by atoms with Crippen molar-refractivity contribution in [3.05, 3.63) is 53.7 Å². The van der Waals surface area contributed by atoms with Crippen LogP contribution in [0.3, 0.4) is 0 Å². The summed E-state index contributed by atoms with van der Waals surface area (Å²) in [6, 6.07) is 13.8. The van der Waals surface area contributed by atoms with Gasteiger partial charge in [0.05, 0.1) is 18.9 Å². The van der Waals surface area contributed by atoms with E-state index in [4.69, 9.17) is 9.72 Å². The van der Waals surface area contributed by atoms with Gasteiger partial charge in [-0.05, 0) is 56.1 Å². The zero-order valence-corrected chi connectivity index (χ0v) is 15.7. The Hall–Kier alpha value is -1.75. The lowest BCUT2D eigenvalue weighted by Gasteiger charge is -2.26. The molecule has 0 N–H and O–H groups in total. The molecule has 3 heterocycles. The van der Waals surface area contributed by atoms with Crippen molar-refractivity contribution in [2.75, 3.05) is 39.4 Å². The molecular formula is C22H29N3O. The summed E-state index contributed by atoms with van der Waals surface area (Å²) in [5.41, 5.74) is 4.94. The molecule has 138 valence electrons. The molecule has 0 aliphatic carbocycles. The van der Waals surface area contributed by atoms with Crippen LogP contribution in [0.25, 0.3) is 11.3 Å². The van der Waals surface area contributed by atoms with Gasteiger partial charge >= 0.3 is 0 Å². The Labute approximate surface area is 156 Å². The van der Waals surface area contributed by atoms with Crippen LogP contribution in [0.5, 0.6) is 0 Å². The van der Waals surface area contributed by atoms with Crippen LogP contribution >= 0.6 is 0 Å². The minimum Gasteiger partial charge on any atom is -0.379 e. The van der Waals surface area contributed by atoms with E-state index >= 15 is 0 Å². The molecule has 2 aliphatic rings. The Morgan fingerprint density at radius 2 is 1.85 bits per heavy atom. The number of likely N-dealkylation sites (tertiary alicyclic amines) is 1. The minimum absolute atomic E-state index is 0.484.